The molecular formula is C16H29BO2. The van der Waals surface area contributed by atoms with Gasteiger partial charge in [0, 0.05) is 5.82 Å². The van der Waals surface area contributed by atoms with E-state index in [9.17, 15) is 0 Å². The van der Waals surface area contributed by atoms with Gasteiger partial charge >= 0.3 is 7.12 Å². The molecule has 0 bridgehead atoms. The third kappa shape index (κ3) is 2.17. The fourth-order valence-electron chi connectivity index (χ4n) is 4.05. The predicted octanol–water partition coefficient (Wildman–Crippen LogP) is 4.44. The van der Waals surface area contributed by atoms with Crippen LogP contribution in [0.2, 0.25) is 5.82 Å². The zero-order valence-electron chi connectivity index (χ0n) is 13.3. The van der Waals surface area contributed by atoms with Gasteiger partial charge in [-0.05, 0) is 71.1 Å². The van der Waals surface area contributed by atoms with Gasteiger partial charge in [0.1, 0.15) is 0 Å². The van der Waals surface area contributed by atoms with E-state index in [1.165, 1.54) is 38.5 Å². The molecule has 3 heteroatoms. The molecule has 1 atom stereocenters. The Hall–Kier alpha value is -0.0151. The van der Waals surface area contributed by atoms with Crippen molar-refractivity contribution in [2.75, 3.05) is 0 Å². The van der Waals surface area contributed by atoms with Crippen LogP contribution < -0.4 is 0 Å². The van der Waals surface area contributed by atoms with Crippen molar-refractivity contribution in [3.05, 3.63) is 0 Å². The van der Waals surface area contributed by atoms with Gasteiger partial charge in [-0.15, -0.1) is 0 Å². The monoisotopic (exact) mass is 264 g/mol. The van der Waals surface area contributed by atoms with Crippen molar-refractivity contribution in [3.8, 4) is 0 Å². The lowest BCUT2D eigenvalue weighted by molar-refractivity contribution is 0.00578. The molecule has 2 nitrogen and oxygen atoms in total. The normalized spacial score (nSPS) is 43.7. The van der Waals surface area contributed by atoms with Gasteiger partial charge in [-0.3, -0.25) is 0 Å². The molecule has 1 spiro atoms. The molecular weight excluding hydrogens is 235 g/mol. The van der Waals surface area contributed by atoms with Gasteiger partial charge < -0.3 is 9.31 Å². The number of rotatable bonds is 2. The molecule has 3 fully saturated rings. The second-order valence-corrected chi connectivity index (χ2v) is 8.15. The molecule has 0 amide bonds. The van der Waals surface area contributed by atoms with Gasteiger partial charge in [0.2, 0.25) is 0 Å². The first-order chi connectivity index (χ1) is 8.80. The van der Waals surface area contributed by atoms with Crippen LogP contribution in [-0.2, 0) is 9.31 Å². The fourth-order valence-corrected chi connectivity index (χ4v) is 4.05. The Balaban J connectivity index is 1.62. The van der Waals surface area contributed by atoms with Crippen LogP contribution in [0.5, 0.6) is 0 Å². The maximum absolute atomic E-state index is 6.25. The molecule has 1 saturated heterocycles. The highest BCUT2D eigenvalue weighted by Crippen LogP contribution is 2.69. The Kier molecular flexibility index (Phi) is 3.11. The first kappa shape index (κ1) is 13.9. The van der Waals surface area contributed by atoms with Crippen molar-refractivity contribution in [3.63, 3.8) is 0 Å². The van der Waals surface area contributed by atoms with Crippen LogP contribution in [0.25, 0.3) is 0 Å². The van der Waals surface area contributed by atoms with Crippen LogP contribution >= 0.6 is 0 Å². The van der Waals surface area contributed by atoms with Gasteiger partial charge in [-0.1, -0.05) is 13.3 Å². The summed E-state index contributed by atoms with van der Waals surface area (Å²) < 4.78 is 12.5. The topological polar surface area (TPSA) is 18.5 Å². The van der Waals surface area contributed by atoms with Crippen molar-refractivity contribution in [1.29, 1.82) is 0 Å². The van der Waals surface area contributed by atoms with Gasteiger partial charge in [0.15, 0.2) is 0 Å². The molecule has 1 aliphatic heterocycles. The van der Waals surface area contributed by atoms with Gasteiger partial charge in [-0.25, -0.2) is 0 Å². The van der Waals surface area contributed by atoms with Crippen LogP contribution in [0.1, 0.15) is 73.1 Å². The standard InChI is InChI=1S/C16H29BO2/c1-6-12-7-9-16(10-8-12)11-13(16)17-18-14(2,3)15(4,5)19-17/h12-13H,6-11H2,1-5H3. The van der Waals surface area contributed by atoms with E-state index in [0.29, 0.717) is 11.2 Å². The van der Waals surface area contributed by atoms with Gasteiger partial charge in [0.25, 0.3) is 0 Å². The molecule has 1 unspecified atom stereocenters. The summed E-state index contributed by atoms with van der Waals surface area (Å²) in [4.78, 5) is 0. The van der Waals surface area contributed by atoms with E-state index >= 15 is 0 Å². The van der Waals surface area contributed by atoms with Crippen LogP contribution in [-0.4, -0.2) is 18.3 Å². The lowest BCUT2D eigenvalue weighted by atomic mass is 9.69. The average molecular weight is 264 g/mol. The summed E-state index contributed by atoms with van der Waals surface area (Å²) >= 11 is 0. The quantitative estimate of drug-likeness (QED) is 0.686. The van der Waals surface area contributed by atoms with Gasteiger partial charge in [0.05, 0.1) is 11.2 Å². The minimum atomic E-state index is -0.165. The predicted molar refractivity (Wildman–Crippen MR) is 79.1 cm³/mol. The molecule has 1 heterocycles. The summed E-state index contributed by atoms with van der Waals surface area (Å²) in [5.41, 5.74) is 0.247. The zero-order valence-corrected chi connectivity index (χ0v) is 13.3. The third-order valence-corrected chi connectivity index (χ3v) is 6.53. The Bertz CT molecular complexity index is 340. The van der Waals surface area contributed by atoms with Crippen molar-refractivity contribution in [2.45, 2.75) is 90.2 Å². The second-order valence-electron chi connectivity index (χ2n) is 8.15. The molecule has 0 N–H and O–H groups in total. The van der Waals surface area contributed by atoms with E-state index in [4.69, 9.17) is 9.31 Å². The number of hydrogen-bond acceptors (Lipinski definition) is 2. The van der Waals surface area contributed by atoms with E-state index in [2.05, 4.69) is 34.6 Å². The third-order valence-electron chi connectivity index (χ3n) is 6.53. The van der Waals surface area contributed by atoms with E-state index < -0.39 is 0 Å². The summed E-state index contributed by atoms with van der Waals surface area (Å²) in [5, 5.41) is 0. The summed E-state index contributed by atoms with van der Waals surface area (Å²) in [5.74, 6) is 1.64. The summed E-state index contributed by atoms with van der Waals surface area (Å²) in [6.07, 6.45) is 8.34. The summed E-state index contributed by atoms with van der Waals surface area (Å²) in [6.45, 7) is 11.0. The molecule has 0 aromatic rings. The molecule has 2 saturated carbocycles. The highest BCUT2D eigenvalue weighted by Gasteiger charge is 2.66. The van der Waals surface area contributed by atoms with Crippen molar-refractivity contribution in [2.24, 2.45) is 11.3 Å². The van der Waals surface area contributed by atoms with E-state index in [1.807, 2.05) is 0 Å². The summed E-state index contributed by atoms with van der Waals surface area (Å²) in [6, 6.07) is 0. The maximum atomic E-state index is 6.25. The van der Waals surface area contributed by atoms with Crippen LogP contribution in [0, 0.1) is 11.3 Å². The van der Waals surface area contributed by atoms with E-state index in [-0.39, 0.29) is 18.3 Å². The molecule has 19 heavy (non-hydrogen) atoms. The maximum Gasteiger partial charge on any atom is 0.461 e. The molecule has 3 aliphatic rings. The molecule has 2 aliphatic carbocycles. The molecule has 0 aromatic carbocycles. The number of hydrogen-bond donors (Lipinski definition) is 0. The zero-order chi connectivity index (χ0) is 13.9. The fraction of sp³-hybridized carbons (Fsp3) is 1.00. The Labute approximate surface area is 118 Å². The Morgan fingerprint density at radius 2 is 1.53 bits per heavy atom. The minimum Gasteiger partial charge on any atom is -0.403 e. The van der Waals surface area contributed by atoms with Crippen molar-refractivity contribution < 1.29 is 9.31 Å². The van der Waals surface area contributed by atoms with Crippen LogP contribution in [0.3, 0.4) is 0 Å². The Morgan fingerprint density at radius 1 is 1.00 bits per heavy atom. The van der Waals surface area contributed by atoms with E-state index in [1.54, 1.807) is 0 Å². The molecule has 108 valence electrons. The van der Waals surface area contributed by atoms with E-state index in [0.717, 1.165) is 5.92 Å². The van der Waals surface area contributed by atoms with Gasteiger partial charge in [-0.2, -0.15) is 0 Å². The van der Waals surface area contributed by atoms with Crippen LogP contribution in [0.15, 0.2) is 0 Å². The smallest absolute Gasteiger partial charge is 0.403 e. The summed E-state index contributed by atoms with van der Waals surface area (Å²) in [7, 11) is 0.0446. The largest absolute Gasteiger partial charge is 0.461 e. The SMILES string of the molecule is CCC1CCC2(CC1)CC2B1OC(C)(C)C(C)(C)O1. The first-order valence-corrected chi connectivity index (χ1v) is 8.15. The second kappa shape index (κ2) is 4.24. The lowest BCUT2D eigenvalue weighted by Gasteiger charge is -2.32. The molecule has 0 aromatic heterocycles. The highest BCUT2D eigenvalue weighted by atomic mass is 16.7. The van der Waals surface area contributed by atoms with Crippen molar-refractivity contribution >= 4 is 7.12 Å². The van der Waals surface area contributed by atoms with Crippen molar-refractivity contribution in [1.82, 2.24) is 0 Å². The molecule has 0 radical (unpaired) electrons. The average Bonchev–Trinajstić information content (AvgIpc) is 2.97. The van der Waals surface area contributed by atoms with Crippen LogP contribution in [0.4, 0.5) is 0 Å². The first-order valence-electron chi connectivity index (χ1n) is 8.15. The Morgan fingerprint density at radius 3 is 2.00 bits per heavy atom. The highest BCUT2D eigenvalue weighted by molar-refractivity contribution is 6.49. The molecule has 3 rings (SSSR count). The lowest BCUT2D eigenvalue weighted by Crippen LogP contribution is -2.41. The minimum absolute atomic E-state index is 0.0446.